The lowest BCUT2D eigenvalue weighted by Gasteiger charge is -1.98. The Morgan fingerprint density at radius 1 is 1.21 bits per heavy atom. The highest BCUT2D eigenvalue weighted by atomic mass is 32.2. The molecule has 0 fully saturated rings. The standard InChI is InChI=1S/C16H15N5OS2/c1-2-3-8-17-15-20-21-16(24-15)23-14-13-12(18-9-19-14)10-6-4-5-7-11(10)22-13/h4-7,9H,2-3,8H2,1H3,(H,17,20). The van der Waals surface area contributed by atoms with Crippen LogP contribution in [0, 0.1) is 0 Å². The number of benzene rings is 1. The SMILES string of the molecule is CCCCNc1nnc(Sc2ncnc3c2oc2ccccc23)s1. The van der Waals surface area contributed by atoms with Crippen LogP contribution >= 0.6 is 23.1 Å². The maximum Gasteiger partial charge on any atom is 0.206 e. The fourth-order valence-corrected chi connectivity index (χ4v) is 4.07. The molecule has 0 bridgehead atoms. The van der Waals surface area contributed by atoms with E-state index in [4.69, 9.17) is 4.42 Å². The molecular weight excluding hydrogens is 342 g/mol. The zero-order valence-corrected chi connectivity index (χ0v) is 14.7. The first-order valence-corrected chi connectivity index (χ1v) is 9.36. The molecule has 0 aliphatic carbocycles. The van der Waals surface area contributed by atoms with Crippen LogP contribution in [0.15, 0.2) is 44.4 Å². The van der Waals surface area contributed by atoms with Crippen LogP contribution in [0.4, 0.5) is 5.13 Å². The van der Waals surface area contributed by atoms with Crippen LogP contribution in [0.1, 0.15) is 19.8 Å². The Bertz CT molecular complexity index is 981. The van der Waals surface area contributed by atoms with Crippen LogP contribution in [0.3, 0.4) is 0 Å². The molecule has 0 atom stereocenters. The zero-order valence-electron chi connectivity index (χ0n) is 13.0. The molecule has 4 rings (SSSR count). The van der Waals surface area contributed by atoms with Crippen molar-refractivity contribution in [2.24, 2.45) is 0 Å². The van der Waals surface area contributed by atoms with E-state index >= 15 is 0 Å². The molecule has 0 aliphatic rings. The number of hydrogen-bond acceptors (Lipinski definition) is 8. The number of furan rings is 1. The first kappa shape index (κ1) is 15.3. The molecule has 0 radical (unpaired) electrons. The summed E-state index contributed by atoms with van der Waals surface area (Å²) in [5.74, 6) is 0. The quantitative estimate of drug-likeness (QED) is 0.399. The van der Waals surface area contributed by atoms with Gasteiger partial charge in [0.05, 0.1) is 0 Å². The van der Waals surface area contributed by atoms with Crippen LogP contribution < -0.4 is 5.32 Å². The second-order valence-corrected chi connectivity index (χ2v) is 7.42. The third-order valence-corrected chi connectivity index (χ3v) is 5.44. The van der Waals surface area contributed by atoms with Gasteiger partial charge in [0, 0.05) is 11.9 Å². The van der Waals surface area contributed by atoms with E-state index in [1.165, 1.54) is 23.1 Å². The summed E-state index contributed by atoms with van der Waals surface area (Å²) in [7, 11) is 0. The van der Waals surface area contributed by atoms with Gasteiger partial charge >= 0.3 is 0 Å². The van der Waals surface area contributed by atoms with Crippen LogP contribution in [-0.2, 0) is 0 Å². The molecule has 0 aliphatic heterocycles. The summed E-state index contributed by atoms with van der Waals surface area (Å²) < 4.78 is 6.77. The van der Waals surface area contributed by atoms with Gasteiger partial charge in [-0.25, -0.2) is 9.97 Å². The van der Waals surface area contributed by atoms with Gasteiger partial charge in [-0.2, -0.15) is 0 Å². The Morgan fingerprint density at radius 2 is 2.12 bits per heavy atom. The Kier molecular flexibility index (Phi) is 4.31. The highest BCUT2D eigenvalue weighted by molar-refractivity contribution is 8.01. The molecule has 0 unspecified atom stereocenters. The summed E-state index contributed by atoms with van der Waals surface area (Å²) >= 11 is 2.97. The molecule has 8 heteroatoms. The lowest BCUT2D eigenvalue weighted by Crippen LogP contribution is -1.99. The molecular formula is C16H15N5OS2. The predicted octanol–water partition coefficient (Wildman–Crippen LogP) is 4.59. The molecule has 3 heterocycles. The maximum atomic E-state index is 5.94. The van der Waals surface area contributed by atoms with Gasteiger partial charge < -0.3 is 9.73 Å². The van der Waals surface area contributed by atoms with E-state index in [-0.39, 0.29) is 0 Å². The third-order valence-electron chi connectivity index (χ3n) is 3.52. The first-order valence-electron chi connectivity index (χ1n) is 7.72. The topological polar surface area (TPSA) is 76.7 Å². The smallest absolute Gasteiger partial charge is 0.206 e. The normalized spacial score (nSPS) is 11.4. The highest BCUT2D eigenvalue weighted by Gasteiger charge is 2.15. The van der Waals surface area contributed by atoms with Crippen molar-refractivity contribution in [3.05, 3.63) is 30.6 Å². The zero-order chi connectivity index (χ0) is 16.4. The van der Waals surface area contributed by atoms with E-state index in [1.807, 2.05) is 24.3 Å². The summed E-state index contributed by atoms with van der Waals surface area (Å²) in [6.45, 7) is 3.08. The predicted molar refractivity (Wildman–Crippen MR) is 96.7 cm³/mol. The molecule has 6 nitrogen and oxygen atoms in total. The lowest BCUT2D eigenvalue weighted by molar-refractivity contribution is 0.653. The van der Waals surface area contributed by atoms with Gasteiger partial charge in [-0.05, 0) is 30.3 Å². The number of nitrogens with zero attached hydrogens (tertiary/aromatic N) is 4. The van der Waals surface area contributed by atoms with Gasteiger partial charge in [0.2, 0.25) is 5.13 Å². The van der Waals surface area contributed by atoms with Crippen molar-refractivity contribution in [2.45, 2.75) is 29.1 Å². The second kappa shape index (κ2) is 6.74. The molecule has 3 aromatic heterocycles. The van der Waals surface area contributed by atoms with Crippen molar-refractivity contribution in [2.75, 3.05) is 11.9 Å². The van der Waals surface area contributed by atoms with Crippen molar-refractivity contribution in [3.63, 3.8) is 0 Å². The number of unbranched alkanes of at least 4 members (excludes halogenated alkanes) is 1. The third kappa shape index (κ3) is 2.94. The minimum atomic E-state index is 0.694. The number of rotatable bonds is 6. The number of hydrogen-bond donors (Lipinski definition) is 1. The number of fused-ring (bicyclic) bond motifs is 3. The van der Waals surface area contributed by atoms with E-state index in [9.17, 15) is 0 Å². The number of anilines is 1. The minimum absolute atomic E-state index is 0.694. The van der Waals surface area contributed by atoms with E-state index in [2.05, 4.69) is 32.4 Å². The Morgan fingerprint density at radius 3 is 3.04 bits per heavy atom. The van der Waals surface area contributed by atoms with Crippen molar-refractivity contribution in [1.29, 1.82) is 0 Å². The molecule has 1 aromatic carbocycles. The summed E-state index contributed by atoms with van der Waals surface area (Å²) in [5, 5.41) is 14.3. The summed E-state index contributed by atoms with van der Waals surface area (Å²) in [6.07, 6.45) is 3.83. The highest BCUT2D eigenvalue weighted by Crippen LogP contribution is 2.37. The van der Waals surface area contributed by atoms with Crippen LogP contribution in [0.5, 0.6) is 0 Å². The fraction of sp³-hybridized carbons (Fsp3) is 0.250. The molecule has 1 N–H and O–H groups in total. The molecule has 4 aromatic rings. The van der Waals surface area contributed by atoms with Crippen LogP contribution in [-0.4, -0.2) is 26.7 Å². The maximum absolute atomic E-state index is 5.94. The van der Waals surface area contributed by atoms with E-state index < -0.39 is 0 Å². The van der Waals surface area contributed by atoms with Crippen molar-refractivity contribution in [3.8, 4) is 0 Å². The van der Waals surface area contributed by atoms with Gasteiger partial charge in [-0.3, -0.25) is 0 Å². The van der Waals surface area contributed by atoms with Gasteiger partial charge in [-0.15, -0.1) is 10.2 Å². The molecule has 0 saturated carbocycles. The van der Waals surface area contributed by atoms with Gasteiger partial charge in [0.25, 0.3) is 0 Å². The van der Waals surface area contributed by atoms with Gasteiger partial charge in [-0.1, -0.05) is 36.8 Å². The summed E-state index contributed by atoms with van der Waals surface area (Å²) in [4.78, 5) is 8.72. The molecule has 0 spiro atoms. The molecule has 122 valence electrons. The van der Waals surface area contributed by atoms with Crippen molar-refractivity contribution in [1.82, 2.24) is 20.2 Å². The summed E-state index contributed by atoms with van der Waals surface area (Å²) in [5.41, 5.74) is 2.34. The van der Waals surface area contributed by atoms with Gasteiger partial charge in [0.1, 0.15) is 22.5 Å². The largest absolute Gasteiger partial charge is 0.451 e. The average molecular weight is 357 g/mol. The Labute approximate surface area is 146 Å². The molecule has 0 saturated heterocycles. The summed E-state index contributed by atoms with van der Waals surface area (Å²) in [6, 6.07) is 7.87. The Balaban J connectivity index is 1.63. The molecule has 24 heavy (non-hydrogen) atoms. The molecule has 0 amide bonds. The number of para-hydroxylation sites is 1. The monoisotopic (exact) mass is 357 g/mol. The van der Waals surface area contributed by atoms with Crippen LogP contribution in [0.2, 0.25) is 0 Å². The van der Waals surface area contributed by atoms with Crippen LogP contribution in [0.25, 0.3) is 22.1 Å². The van der Waals surface area contributed by atoms with E-state index in [1.54, 1.807) is 6.33 Å². The number of aromatic nitrogens is 4. The Hall–Kier alpha value is -2.19. The van der Waals surface area contributed by atoms with E-state index in [0.29, 0.717) is 5.58 Å². The first-order chi connectivity index (χ1) is 11.8. The van der Waals surface area contributed by atoms with Crippen molar-refractivity contribution >= 4 is 50.3 Å². The minimum Gasteiger partial charge on any atom is -0.451 e. The fourth-order valence-electron chi connectivity index (χ4n) is 2.35. The number of nitrogens with one attached hydrogen (secondary N) is 1. The van der Waals surface area contributed by atoms with E-state index in [0.717, 1.165) is 50.4 Å². The van der Waals surface area contributed by atoms with Gasteiger partial charge in [0.15, 0.2) is 9.92 Å². The average Bonchev–Trinajstić information content (AvgIpc) is 3.20. The second-order valence-electron chi connectivity index (χ2n) is 5.21. The lowest BCUT2D eigenvalue weighted by atomic mass is 10.2. The van der Waals surface area contributed by atoms with Crippen molar-refractivity contribution < 1.29 is 4.42 Å².